The third-order valence-corrected chi connectivity index (χ3v) is 15.5. The van der Waals surface area contributed by atoms with E-state index in [0.29, 0.717) is 78.0 Å². The Morgan fingerprint density at radius 1 is 0.662 bits per heavy atom. The summed E-state index contributed by atoms with van der Waals surface area (Å²) in [6.45, 7) is 8.01. The van der Waals surface area contributed by atoms with Crippen LogP contribution in [0.4, 0.5) is 9.59 Å². The van der Waals surface area contributed by atoms with E-state index in [1.54, 1.807) is 0 Å². The molecule has 0 radical (unpaired) electrons. The van der Waals surface area contributed by atoms with Gasteiger partial charge in [-0.2, -0.15) is 0 Å². The van der Waals surface area contributed by atoms with Crippen molar-refractivity contribution in [2.24, 2.45) is 21.8 Å². The SMILES string of the molecule is COC(=O)N[C@H](C(=O)N1CCC[C@H]1C1=NC=C(c2ccc3c(c2)Oc2ccc4cc(C5=CN=C([C@@H]6CCCN6C(=O)[C@@H](NC(=O)OC)C6CCOCC6)C5)ccc4c2C3(C)C)C1)C1CCOCC1. The minimum absolute atomic E-state index is 0.0181. The second-order valence-electron chi connectivity index (χ2n) is 19.7. The molecule has 358 valence electrons. The lowest BCUT2D eigenvalue weighted by Gasteiger charge is -2.36. The van der Waals surface area contributed by atoms with Crippen LogP contribution < -0.4 is 15.4 Å². The third-order valence-electron chi connectivity index (χ3n) is 15.5. The molecule has 0 aliphatic carbocycles. The maximum absolute atomic E-state index is 14.2. The summed E-state index contributed by atoms with van der Waals surface area (Å²) in [5.41, 5.74) is 8.10. The number of likely N-dealkylation sites (tertiary alicyclic amines) is 2. The molecule has 4 saturated heterocycles. The lowest BCUT2D eigenvalue weighted by Crippen LogP contribution is -2.55. The van der Waals surface area contributed by atoms with Crippen molar-refractivity contribution in [2.75, 3.05) is 53.7 Å². The summed E-state index contributed by atoms with van der Waals surface area (Å²) >= 11 is 0. The van der Waals surface area contributed by atoms with Gasteiger partial charge in [0.1, 0.15) is 23.6 Å². The molecule has 0 saturated carbocycles. The molecule has 7 heterocycles. The quantitative estimate of drug-likeness (QED) is 0.205. The molecule has 3 aromatic rings. The number of nitrogens with one attached hydrogen (secondary N) is 2. The van der Waals surface area contributed by atoms with Gasteiger partial charge in [-0.15, -0.1) is 0 Å². The van der Waals surface area contributed by atoms with Crippen LogP contribution in [0.15, 0.2) is 70.9 Å². The number of allylic oxidation sites excluding steroid dienone is 2. The van der Waals surface area contributed by atoms with Gasteiger partial charge in [0.25, 0.3) is 0 Å². The maximum atomic E-state index is 14.2. The van der Waals surface area contributed by atoms with Gasteiger partial charge < -0.3 is 44.1 Å². The predicted octanol–water partition coefficient (Wildman–Crippen LogP) is 7.93. The van der Waals surface area contributed by atoms with Crippen molar-refractivity contribution in [2.45, 2.75) is 108 Å². The van der Waals surface area contributed by atoms with Crippen molar-refractivity contribution in [1.82, 2.24) is 20.4 Å². The fourth-order valence-electron chi connectivity index (χ4n) is 11.8. The van der Waals surface area contributed by atoms with Crippen molar-refractivity contribution < 1.29 is 42.9 Å². The van der Waals surface area contributed by atoms with Gasteiger partial charge in [0.05, 0.1) is 26.3 Å². The first-order valence-corrected chi connectivity index (χ1v) is 24.4. The molecule has 4 amide bonds. The molecule has 2 N–H and O–H groups in total. The van der Waals surface area contributed by atoms with E-state index >= 15 is 0 Å². The van der Waals surface area contributed by atoms with Gasteiger partial charge in [-0.25, -0.2) is 9.59 Å². The number of ether oxygens (including phenoxy) is 5. The fourth-order valence-corrected chi connectivity index (χ4v) is 11.8. The molecule has 3 aromatic carbocycles. The van der Waals surface area contributed by atoms with Crippen LogP contribution in [0.25, 0.3) is 21.9 Å². The number of aliphatic imine (C=N–C) groups is 2. The molecule has 15 heteroatoms. The Morgan fingerprint density at radius 2 is 1.18 bits per heavy atom. The van der Waals surface area contributed by atoms with E-state index in [-0.39, 0.29) is 41.1 Å². The van der Waals surface area contributed by atoms with Gasteiger partial charge in [0.2, 0.25) is 11.8 Å². The van der Waals surface area contributed by atoms with Crippen LogP contribution in [0.1, 0.15) is 100 Å². The molecular formula is C53H62N6O9. The maximum Gasteiger partial charge on any atom is 0.407 e. The summed E-state index contributed by atoms with van der Waals surface area (Å²) in [5.74, 6) is 1.44. The normalized spacial score (nSPS) is 23.4. The number of amides is 4. The summed E-state index contributed by atoms with van der Waals surface area (Å²) in [4.78, 5) is 66.7. The lowest BCUT2D eigenvalue weighted by atomic mass is 9.73. The number of hydrogen-bond acceptors (Lipinski definition) is 11. The van der Waals surface area contributed by atoms with Gasteiger partial charge in [-0.1, -0.05) is 44.2 Å². The molecular weight excluding hydrogens is 865 g/mol. The first kappa shape index (κ1) is 45.7. The molecule has 0 unspecified atom stereocenters. The summed E-state index contributed by atoms with van der Waals surface area (Å²) in [5, 5.41) is 7.94. The first-order chi connectivity index (χ1) is 33.0. The Bertz CT molecular complexity index is 2620. The van der Waals surface area contributed by atoms with Crippen molar-refractivity contribution in [1.29, 1.82) is 0 Å². The van der Waals surface area contributed by atoms with Gasteiger partial charge in [0, 0.05) is 92.7 Å². The van der Waals surface area contributed by atoms with Crippen LogP contribution in [0, 0.1) is 11.8 Å². The van der Waals surface area contributed by atoms with Crippen LogP contribution >= 0.6 is 0 Å². The van der Waals surface area contributed by atoms with Crippen LogP contribution in [0.3, 0.4) is 0 Å². The molecule has 0 spiro atoms. The van der Waals surface area contributed by atoms with Crippen molar-refractivity contribution in [3.05, 3.63) is 83.2 Å². The standard InChI is InChI=1S/C53H62N6O9/c1-53(2)39-13-10-34(37-27-41(55-30-37)43-8-6-20-59(43)50(61)48(57-52(63)65-4)32-17-23-67-24-18-32)28-45(39)68-44-14-11-35-25-33(9-12-38(35)46(44)53)36-26-40(54-29-36)42-7-5-19-58(42)49(60)47(56-51(62)64-3)31-15-21-66-22-16-31/h9-14,25,28-32,42-43,47-48H,5-8,15-24,26-27H2,1-4H3,(H,56,62)(H,57,63)/t42-,43-,47-,48-/m0/s1. The smallest absolute Gasteiger partial charge is 0.407 e. The van der Waals surface area contributed by atoms with Crippen LogP contribution in [-0.4, -0.2) is 123 Å². The average Bonchev–Trinajstić information content (AvgIpc) is 4.22. The summed E-state index contributed by atoms with van der Waals surface area (Å²) in [7, 11) is 2.64. The zero-order chi connectivity index (χ0) is 47.1. The van der Waals surface area contributed by atoms with Crippen molar-refractivity contribution in [3.63, 3.8) is 0 Å². The molecule has 10 rings (SSSR count). The number of hydrogen-bond donors (Lipinski definition) is 2. The van der Waals surface area contributed by atoms with Crippen molar-refractivity contribution >= 4 is 57.3 Å². The van der Waals surface area contributed by atoms with E-state index in [0.717, 1.165) is 92.8 Å². The molecule has 7 aliphatic heterocycles. The number of alkyl carbamates (subject to hydrolysis) is 2. The number of benzene rings is 3. The summed E-state index contributed by atoms with van der Waals surface area (Å²) in [6.07, 6.45) is 10.2. The average molecular weight is 927 g/mol. The number of methoxy groups -OCH3 is 2. The largest absolute Gasteiger partial charge is 0.457 e. The van der Waals surface area contributed by atoms with Gasteiger partial charge in [-0.05, 0) is 114 Å². The second kappa shape index (κ2) is 19.1. The van der Waals surface area contributed by atoms with Gasteiger partial charge >= 0.3 is 12.2 Å². The Balaban J connectivity index is 0.812. The minimum Gasteiger partial charge on any atom is -0.457 e. The van der Waals surface area contributed by atoms with Gasteiger partial charge in [-0.3, -0.25) is 19.6 Å². The topological polar surface area (TPSA) is 170 Å². The highest BCUT2D eigenvalue weighted by Gasteiger charge is 2.43. The number of fused-ring (bicyclic) bond motifs is 4. The Hall–Kier alpha value is -6.06. The zero-order valence-electron chi connectivity index (χ0n) is 39.5. The fraction of sp³-hybridized carbons (Fsp3) is 0.509. The van der Waals surface area contributed by atoms with Crippen LogP contribution in [0.2, 0.25) is 0 Å². The molecule has 4 atom stereocenters. The van der Waals surface area contributed by atoms with E-state index in [1.165, 1.54) is 14.2 Å². The molecule has 4 fully saturated rings. The second-order valence-corrected chi connectivity index (χ2v) is 19.7. The third kappa shape index (κ3) is 8.67. The monoisotopic (exact) mass is 926 g/mol. The van der Waals surface area contributed by atoms with Gasteiger partial charge in [0.15, 0.2) is 0 Å². The van der Waals surface area contributed by atoms with E-state index < -0.39 is 24.3 Å². The number of nitrogens with zero attached hydrogens (tertiary/aromatic N) is 4. The highest BCUT2D eigenvalue weighted by Crippen LogP contribution is 2.51. The minimum atomic E-state index is -0.674. The zero-order valence-corrected chi connectivity index (χ0v) is 39.5. The van der Waals surface area contributed by atoms with Crippen LogP contribution in [-0.2, 0) is 34.0 Å². The Kier molecular flexibility index (Phi) is 12.9. The molecule has 7 aliphatic rings. The number of carbonyl (C=O) groups excluding carboxylic acids is 4. The number of carbonyl (C=O) groups is 4. The van der Waals surface area contributed by atoms with E-state index in [4.69, 9.17) is 33.7 Å². The highest BCUT2D eigenvalue weighted by atomic mass is 16.5. The highest BCUT2D eigenvalue weighted by molar-refractivity contribution is 6.06. The lowest BCUT2D eigenvalue weighted by molar-refractivity contribution is -0.136. The Morgan fingerprint density at radius 3 is 1.71 bits per heavy atom. The van der Waals surface area contributed by atoms with E-state index in [9.17, 15) is 19.2 Å². The van der Waals surface area contributed by atoms with Crippen molar-refractivity contribution in [3.8, 4) is 11.5 Å². The van der Waals surface area contributed by atoms with E-state index in [2.05, 4.69) is 73.0 Å². The predicted molar refractivity (Wildman–Crippen MR) is 258 cm³/mol. The number of rotatable bonds is 10. The Labute approximate surface area is 397 Å². The molecule has 0 aromatic heterocycles. The molecule has 15 nitrogen and oxygen atoms in total. The summed E-state index contributed by atoms with van der Waals surface area (Å²) < 4.78 is 27.7. The first-order valence-electron chi connectivity index (χ1n) is 24.4. The summed E-state index contributed by atoms with van der Waals surface area (Å²) in [6, 6.07) is 15.7. The molecule has 0 bridgehead atoms. The van der Waals surface area contributed by atoms with E-state index in [1.807, 2.05) is 22.2 Å². The van der Waals surface area contributed by atoms with Crippen LogP contribution in [0.5, 0.6) is 11.5 Å². The molecule has 68 heavy (non-hydrogen) atoms.